The van der Waals surface area contributed by atoms with Crippen molar-refractivity contribution < 1.29 is 23.8 Å². The first-order valence-corrected chi connectivity index (χ1v) is 10.7. The molecule has 5 rings (SSSR count). The van der Waals surface area contributed by atoms with E-state index in [1.54, 1.807) is 29.2 Å². The third-order valence-electron chi connectivity index (χ3n) is 6.54. The van der Waals surface area contributed by atoms with Gasteiger partial charge in [0.1, 0.15) is 18.0 Å². The Hall–Kier alpha value is -3.15. The molecule has 4 atom stereocenters. The number of Topliss-reactive ketones (excluding diaryl/α,β-unsaturated/α-hetero) is 1. The van der Waals surface area contributed by atoms with Crippen molar-refractivity contribution in [3.63, 3.8) is 0 Å². The van der Waals surface area contributed by atoms with Crippen LogP contribution in [0.5, 0.6) is 5.75 Å². The number of rotatable bonds is 3. The average Bonchev–Trinajstić information content (AvgIpc) is 3.02. The summed E-state index contributed by atoms with van der Waals surface area (Å²) in [6, 6.07) is 13.8. The van der Waals surface area contributed by atoms with Crippen LogP contribution in [-0.2, 0) is 20.9 Å². The number of fused-ring (bicyclic) bond motifs is 1. The number of aromatic hydroxyl groups is 1. The van der Waals surface area contributed by atoms with E-state index in [1.807, 2.05) is 31.2 Å². The van der Waals surface area contributed by atoms with Gasteiger partial charge in [-0.05, 0) is 49.4 Å². The number of carbonyl (C=O) groups excluding carboxylic acids is 2. The van der Waals surface area contributed by atoms with Crippen LogP contribution in [0.3, 0.4) is 0 Å². The van der Waals surface area contributed by atoms with Gasteiger partial charge in [0, 0.05) is 6.54 Å². The molecule has 1 N–H and O–H groups in total. The van der Waals surface area contributed by atoms with Gasteiger partial charge in [-0.1, -0.05) is 42.0 Å². The Kier molecular flexibility index (Phi) is 4.80. The highest BCUT2D eigenvalue weighted by molar-refractivity contribution is 6.11. The van der Waals surface area contributed by atoms with E-state index in [4.69, 9.17) is 4.74 Å². The zero-order valence-corrected chi connectivity index (χ0v) is 17.3. The molecule has 0 spiro atoms. The molecule has 2 aromatic carbocycles. The van der Waals surface area contributed by atoms with Crippen LogP contribution < -0.4 is 0 Å². The number of carbonyl (C=O) groups is 2. The standard InChI is InChI=1S/C25H24FNO4/c1-14-5-7-15(8-6-14)13-27-22(16-3-2-4-18(28)11-16)21-23(29)19-12-17(26)9-10-20(19)31-24(21)25(27)30/h2-8,11,17,19-20,22,28H,9-10,12-13H2,1H3. The SMILES string of the molecule is Cc1ccc(CN2C(=O)C3=C(C(=O)C4CC(F)CCC4O3)C2c2cccc(O)c2)cc1. The van der Waals surface area contributed by atoms with Crippen LogP contribution in [0.15, 0.2) is 59.9 Å². The maximum absolute atomic E-state index is 14.1. The second-order valence-electron chi connectivity index (χ2n) is 8.70. The molecule has 4 unspecified atom stereocenters. The van der Waals surface area contributed by atoms with Gasteiger partial charge in [0.25, 0.3) is 5.91 Å². The number of ketones is 1. The van der Waals surface area contributed by atoms with Crippen molar-refractivity contribution in [1.82, 2.24) is 4.90 Å². The topological polar surface area (TPSA) is 66.8 Å². The lowest BCUT2D eigenvalue weighted by Gasteiger charge is -2.36. The second kappa shape index (κ2) is 7.52. The van der Waals surface area contributed by atoms with Crippen molar-refractivity contribution in [2.45, 2.75) is 51.0 Å². The Morgan fingerprint density at radius 1 is 1.13 bits per heavy atom. The first-order valence-electron chi connectivity index (χ1n) is 10.7. The molecule has 3 aliphatic rings. The van der Waals surface area contributed by atoms with Gasteiger partial charge in [-0.15, -0.1) is 0 Å². The molecule has 5 nitrogen and oxygen atoms in total. The number of benzene rings is 2. The Morgan fingerprint density at radius 2 is 1.90 bits per heavy atom. The molecule has 0 aromatic heterocycles. The second-order valence-corrected chi connectivity index (χ2v) is 8.70. The molecule has 31 heavy (non-hydrogen) atoms. The summed E-state index contributed by atoms with van der Waals surface area (Å²) in [4.78, 5) is 28.5. The molecule has 1 fully saturated rings. The van der Waals surface area contributed by atoms with E-state index in [0.29, 0.717) is 24.9 Å². The van der Waals surface area contributed by atoms with Gasteiger partial charge in [0.05, 0.1) is 17.5 Å². The molecule has 2 aliphatic heterocycles. The van der Waals surface area contributed by atoms with E-state index in [1.165, 1.54) is 0 Å². The average molecular weight is 421 g/mol. The molecule has 1 saturated carbocycles. The maximum atomic E-state index is 14.1. The number of aryl methyl sites for hydroxylation is 1. The summed E-state index contributed by atoms with van der Waals surface area (Å²) in [6.07, 6.45) is -0.591. The van der Waals surface area contributed by atoms with Crippen LogP contribution in [0.1, 0.15) is 42.0 Å². The Labute approximate surface area is 180 Å². The molecule has 0 saturated heterocycles. The van der Waals surface area contributed by atoms with Crippen molar-refractivity contribution in [3.8, 4) is 5.75 Å². The van der Waals surface area contributed by atoms with Gasteiger partial charge in [-0.25, -0.2) is 4.39 Å². The molecular formula is C25H24FNO4. The summed E-state index contributed by atoms with van der Waals surface area (Å²) >= 11 is 0. The summed E-state index contributed by atoms with van der Waals surface area (Å²) in [6.45, 7) is 2.29. The Morgan fingerprint density at radius 3 is 2.65 bits per heavy atom. The predicted octanol–water partition coefficient (Wildman–Crippen LogP) is 4.14. The number of hydrogen-bond donors (Lipinski definition) is 1. The van der Waals surface area contributed by atoms with E-state index in [2.05, 4.69) is 0 Å². The highest BCUT2D eigenvalue weighted by Crippen LogP contribution is 2.47. The van der Waals surface area contributed by atoms with E-state index in [-0.39, 0.29) is 35.2 Å². The van der Waals surface area contributed by atoms with Crippen LogP contribution >= 0.6 is 0 Å². The highest BCUT2D eigenvalue weighted by atomic mass is 19.1. The number of halogens is 1. The van der Waals surface area contributed by atoms with Crippen LogP contribution in [0.2, 0.25) is 0 Å². The number of phenolic OH excluding ortho intramolecular Hbond substituents is 1. The molecule has 2 heterocycles. The zero-order valence-electron chi connectivity index (χ0n) is 17.3. The van der Waals surface area contributed by atoms with Crippen molar-refractivity contribution in [2.24, 2.45) is 5.92 Å². The van der Waals surface area contributed by atoms with E-state index >= 15 is 0 Å². The van der Waals surface area contributed by atoms with Gasteiger partial charge in [-0.2, -0.15) is 0 Å². The fourth-order valence-electron chi connectivity index (χ4n) is 4.96. The lowest BCUT2D eigenvalue weighted by Crippen LogP contribution is -2.42. The molecule has 1 amide bonds. The smallest absolute Gasteiger partial charge is 0.290 e. The lowest BCUT2D eigenvalue weighted by molar-refractivity contribution is -0.136. The lowest BCUT2D eigenvalue weighted by atomic mass is 9.77. The summed E-state index contributed by atoms with van der Waals surface area (Å²) in [5.41, 5.74) is 2.96. The Bertz CT molecular complexity index is 1080. The van der Waals surface area contributed by atoms with Crippen molar-refractivity contribution >= 4 is 11.7 Å². The number of amides is 1. The molecule has 1 aliphatic carbocycles. The minimum absolute atomic E-state index is 0.0535. The first-order chi connectivity index (χ1) is 14.9. The van der Waals surface area contributed by atoms with E-state index in [9.17, 15) is 19.1 Å². The van der Waals surface area contributed by atoms with Crippen molar-refractivity contribution in [1.29, 1.82) is 0 Å². The number of ether oxygens (including phenoxy) is 1. The Balaban J connectivity index is 1.57. The summed E-state index contributed by atoms with van der Waals surface area (Å²) in [5, 5.41) is 10.0. The molecule has 0 radical (unpaired) electrons. The van der Waals surface area contributed by atoms with Crippen LogP contribution in [0, 0.1) is 12.8 Å². The summed E-state index contributed by atoms with van der Waals surface area (Å²) in [5.74, 6) is -0.976. The largest absolute Gasteiger partial charge is 0.508 e. The number of hydrogen-bond acceptors (Lipinski definition) is 4. The molecule has 2 aromatic rings. The van der Waals surface area contributed by atoms with Gasteiger partial charge >= 0.3 is 0 Å². The highest BCUT2D eigenvalue weighted by Gasteiger charge is 2.52. The monoisotopic (exact) mass is 421 g/mol. The van der Waals surface area contributed by atoms with Crippen LogP contribution in [0.25, 0.3) is 0 Å². The van der Waals surface area contributed by atoms with E-state index < -0.39 is 24.2 Å². The van der Waals surface area contributed by atoms with Gasteiger partial charge in [0.15, 0.2) is 11.5 Å². The summed E-state index contributed by atoms with van der Waals surface area (Å²) in [7, 11) is 0. The fraction of sp³-hybridized carbons (Fsp3) is 0.360. The molecule has 160 valence electrons. The minimum Gasteiger partial charge on any atom is -0.508 e. The number of alkyl halides is 1. The predicted molar refractivity (Wildman–Crippen MR) is 112 cm³/mol. The molecule has 6 heteroatoms. The van der Waals surface area contributed by atoms with Gasteiger partial charge < -0.3 is 14.7 Å². The van der Waals surface area contributed by atoms with E-state index in [0.717, 1.165) is 11.1 Å². The quantitative estimate of drug-likeness (QED) is 0.809. The fourth-order valence-corrected chi connectivity index (χ4v) is 4.96. The zero-order chi connectivity index (χ0) is 21.7. The van der Waals surface area contributed by atoms with Crippen LogP contribution in [0.4, 0.5) is 4.39 Å². The van der Waals surface area contributed by atoms with Crippen LogP contribution in [-0.4, -0.2) is 34.0 Å². The first kappa shape index (κ1) is 19.8. The normalized spacial score (nSPS) is 27.7. The van der Waals surface area contributed by atoms with Crippen molar-refractivity contribution in [3.05, 3.63) is 76.6 Å². The number of phenols is 1. The summed E-state index contributed by atoms with van der Waals surface area (Å²) < 4.78 is 20.1. The molecule has 0 bridgehead atoms. The third kappa shape index (κ3) is 3.40. The third-order valence-corrected chi connectivity index (χ3v) is 6.54. The molecular weight excluding hydrogens is 397 g/mol. The maximum Gasteiger partial charge on any atom is 0.290 e. The van der Waals surface area contributed by atoms with Crippen molar-refractivity contribution in [2.75, 3.05) is 0 Å². The van der Waals surface area contributed by atoms with Gasteiger partial charge in [0.2, 0.25) is 0 Å². The minimum atomic E-state index is -1.03. The number of nitrogens with zero attached hydrogens (tertiary/aromatic N) is 1. The van der Waals surface area contributed by atoms with Gasteiger partial charge in [-0.3, -0.25) is 9.59 Å².